The number of fused-ring (bicyclic) bond motifs is 1. The summed E-state index contributed by atoms with van der Waals surface area (Å²) in [6.07, 6.45) is 4.20. The maximum atomic E-state index is 4.29. The Hall–Kier alpha value is -0.790. The molecule has 0 bridgehead atoms. The first-order valence-corrected chi connectivity index (χ1v) is 3.73. The minimum atomic E-state index is 0.315. The molecule has 10 heavy (non-hydrogen) atoms. The lowest BCUT2D eigenvalue weighted by Crippen LogP contribution is -2.12. The number of H-pyrrole nitrogens is 1. The molecule has 0 saturated carbocycles. The molecule has 0 unspecified atom stereocenters. The maximum Gasteiger partial charge on any atom is 0.0925 e. The fourth-order valence-electron chi connectivity index (χ4n) is 1.65. The highest BCUT2D eigenvalue weighted by Crippen LogP contribution is 2.35. The van der Waals surface area contributed by atoms with E-state index in [9.17, 15) is 0 Å². The Labute approximate surface area is 60.7 Å². The van der Waals surface area contributed by atoms with Crippen LogP contribution in [0.25, 0.3) is 0 Å². The van der Waals surface area contributed by atoms with Crippen molar-refractivity contribution in [3.63, 3.8) is 0 Å². The highest BCUT2D eigenvalue weighted by atomic mass is 14.9. The van der Waals surface area contributed by atoms with Gasteiger partial charge in [0, 0.05) is 11.1 Å². The summed E-state index contributed by atoms with van der Waals surface area (Å²) in [5.41, 5.74) is 2.92. The van der Waals surface area contributed by atoms with Gasteiger partial charge in [0.1, 0.15) is 0 Å². The van der Waals surface area contributed by atoms with Crippen LogP contribution in [-0.2, 0) is 11.8 Å². The minimum Gasteiger partial charge on any atom is -0.348 e. The Bertz CT molecular complexity index is 248. The molecule has 0 atom stereocenters. The van der Waals surface area contributed by atoms with Crippen molar-refractivity contribution < 1.29 is 0 Å². The average Bonchev–Trinajstić information content (AvgIpc) is 2.36. The molecule has 0 fully saturated rings. The summed E-state index contributed by atoms with van der Waals surface area (Å²) in [7, 11) is 0. The van der Waals surface area contributed by atoms with Crippen LogP contribution in [0, 0.1) is 0 Å². The van der Waals surface area contributed by atoms with Crippen molar-refractivity contribution in [3.8, 4) is 0 Å². The van der Waals surface area contributed by atoms with E-state index >= 15 is 0 Å². The molecule has 1 aromatic rings. The number of hydrogen-bond donors (Lipinski definition) is 1. The number of hydrogen-bond acceptors (Lipinski definition) is 1. The van der Waals surface area contributed by atoms with Crippen molar-refractivity contribution in [1.82, 2.24) is 9.97 Å². The van der Waals surface area contributed by atoms with E-state index in [2.05, 4.69) is 23.8 Å². The number of aromatic amines is 1. The monoisotopic (exact) mass is 136 g/mol. The van der Waals surface area contributed by atoms with Gasteiger partial charge in [0.2, 0.25) is 0 Å². The predicted molar refractivity (Wildman–Crippen MR) is 39.9 cm³/mol. The van der Waals surface area contributed by atoms with Crippen LogP contribution in [0.2, 0.25) is 0 Å². The van der Waals surface area contributed by atoms with Crippen LogP contribution in [0.3, 0.4) is 0 Å². The van der Waals surface area contributed by atoms with Crippen molar-refractivity contribution in [2.75, 3.05) is 0 Å². The van der Waals surface area contributed by atoms with Crippen LogP contribution >= 0.6 is 0 Å². The predicted octanol–water partition coefficient (Wildman–Crippen LogP) is 1.63. The van der Waals surface area contributed by atoms with Gasteiger partial charge in [0.15, 0.2) is 0 Å². The Kier molecular flexibility index (Phi) is 0.967. The Morgan fingerprint density at radius 1 is 1.60 bits per heavy atom. The summed E-state index contributed by atoms with van der Waals surface area (Å²) in [5.74, 6) is 0. The summed E-state index contributed by atoms with van der Waals surface area (Å²) < 4.78 is 0. The van der Waals surface area contributed by atoms with Gasteiger partial charge in [-0.1, -0.05) is 13.8 Å². The van der Waals surface area contributed by atoms with Crippen molar-refractivity contribution >= 4 is 0 Å². The normalized spacial score (nSPS) is 21.0. The van der Waals surface area contributed by atoms with Crippen LogP contribution in [0.15, 0.2) is 6.33 Å². The average molecular weight is 136 g/mol. The smallest absolute Gasteiger partial charge is 0.0925 e. The van der Waals surface area contributed by atoms with Gasteiger partial charge in [-0.05, 0) is 12.8 Å². The standard InChI is InChI=1S/C8H12N2/c1-8(2)4-3-6-7(8)10-5-9-6/h5H,3-4H2,1-2H3,(H,9,10). The molecule has 0 spiro atoms. The number of aromatic nitrogens is 2. The van der Waals surface area contributed by atoms with E-state index in [4.69, 9.17) is 0 Å². The third-order valence-corrected chi connectivity index (χ3v) is 2.36. The van der Waals surface area contributed by atoms with E-state index in [1.807, 2.05) is 0 Å². The zero-order valence-electron chi connectivity index (χ0n) is 6.44. The fourth-order valence-corrected chi connectivity index (χ4v) is 1.65. The molecular weight excluding hydrogens is 124 g/mol. The first-order valence-electron chi connectivity index (χ1n) is 3.73. The molecule has 2 heteroatoms. The van der Waals surface area contributed by atoms with E-state index in [1.54, 1.807) is 6.33 Å². The molecule has 0 radical (unpaired) electrons. The Morgan fingerprint density at radius 2 is 2.40 bits per heavy atom. The minimum absolute atomic E-state index is 0.315. The molecule has 1 aliphatic carbocycles. The SMILES string of the molecule is CC1(C)CCc2[nH]cnc21. The molecule has 1 aromatic heterocycles. The third kappa shape index (κ3) is 0.618. The summed E-state index contributed by atoms with van der Waals surface area (Å²) in [4.78, 5) is 7.46. The molecule has 0 saturated heterocycles. The number of nitrogens with one attached hydrogen (secondary N) is 1. The molecule has 0 aromatic carbocycles. The Morgan fingerprint density at radius 3 is 3.10 bits per heavy atom. The Balaban J connectivity index is 2.54. The molecule has 0 amide bonds. The van der Waals surface area contributed by atoms with Gasteiger partial charge in [0.05, 0.1) is 12.0 Å². The van der Waals surface area contributed by atoms with Gasteiger partial charge in [-0.25, -0.2) is 4.98 Å². The summed E-state index contributed by atoms with van der Waals surface area (Å²) >= 11 is 0. The second-order valence-electron chi connectivity index (χ2n) is 3.61. The summed E-state index contributed by atoms with van der Waals surface area (Å²) in [6.45, 7) is 4.50. The summed E-state index contributed by atoms with van der Waals surface area (Å²) in [6, 6.07) is 0. The first kappa shape index (κ1) is 5.96. The van der Waals surface area contributed by atoms with Gasteiger partial charge in [-0.3, -0.25) is 0 Å². The van der Waals surface area contributed by atoms with Gasteiger partial charge in [-0.15, -0.1) is 0 Å². The second-order valence-corrected chi connectivity index (χ2v) is 3.61. The van der Waals surface area contributed by atoms with E-state index in [0.29, 0.717) is 5.41 Å². The topological polar surface area (TPSA) is 28.7 Å². The van der Waals surface area contributed by atoms with Crippen LogP contribution in [0.4, 0.5) is 0 Å². The molecular formula is C8H12N2. The number of imidazole rings is 1. The molecule has 0 aliphatic heterocycles. The van der Waals surface area contributed by atoms with Crippen molar-refractivity contribution in [2.24, 2.45) is 0 Å². The quantitative estimate of drug-likeness (QED) is 0.577. The van der Waals surface area contributed by atoms with E-state index in [1.165, 1.54) is 24.2 Å². The highest BCUT2D eigenvalue weighted by molar-refractivity contribution is 5.26. The van der Waals surface area contributed by atoms with Gasteiger partial charge in [-0.2, -0.15) is 0 Å². The fraction of sp³-hybridized carbons (Fsp3) is 0.625. The van der Waals surface area contributed by atoms with Crippen LogP contribution < -0.4 is 0 Å². The molecule has 1 aliphatic rings. The van der Waals surface area contributed by atoms with Crippen LogP contribution in [0.1, 0.15) is 31.7 Å². The molecule has 1 heterocycles. The lowest BCUT2D eigenvalue weighted by atomic mass is 9.91. The third-order valence-electron chi connectivity index (χ3n) is 2.36. The number of rotatable bonds is 0. The highest BCUT2D eigenvalue weighted by Gasteiger charge is 2.31. The lowest BCUT2D eigenvalue weighted by Gasteiger charge is -2.14. The molecule has 2 rings (SSSR count). The van der Waals surface area contributed by atoms with E-state index in [-0.39, 0.29) is 0 Å². The lowest BCUT2D eigenvalue weighted by molar-refractivity contribution is 0.508. The van der Waals surface area contributed by atoms with Gasteiger partial charge >= 0.3 is 0 Å². The first-order chi connectivity index (χ1) is 4.70. The van der Waals surface area contributed by atoms with E-state index in [0.717, 1.165) is 0 Å². The van der Waals surface area contributed by atoms with E-state index < -0.39 is 0 Å². The van der Waals surface area contributed by atoms with Crippen molar-refractivity contribution in [3.05, 3.63) is 17.7 Å². The van der Waals surface area contributed by atoms with Crippen LogP contribution in [-0.4, -0.2) is 9.97 Å². The molecule has 54 valence electrons. The maximum absolute atomic E-state index is 4.29. The number of nitrogens with zero attached hydrogens (tertiary/aromatic N) is 1. The van der Waals surface area contributed by atoms with Crippen LogP contribution in [0.5, 0.6) is 0 Å². The van der Waals surface area contributed by atoms with Crippen molar-refractivity contribution in [2.45, 2.75) is 32.1 Å². The number of aryl methyl sites for hydroxylation is 1. The second kappa shape index (κ2) is 1.62. The van der Waals surface area contributed by atoms with Gasteiger partial charge < -0.3 is 4.98 Å². The molecule has 1 N–H and O–H groups in total. The molecule has 2 nitrogen and oxygen atoms in total. The zero-order chi connectivity index (χ0) is 7.19. The summed E-state index contributed by atoms with van der Waals surface area (Å²) in [5, 5.41) is 0. The largest absolute Gasteiger partial charge is 0.348 e. The zero-order valence-corrected chi connectivity index (χ0v) is 6.44. The van der Waals surface area contributed by atoms with Gasteiger partial charge in [0.25, 0.3) is 0 Å². The van der Waals surface area contributed by atoms with Crippen molar-refractivity contribution in [1.29, 1.82) is 0 Å².